The summed E-state index contributed by atoms with van der Waals surface area (Å²) < 4.78 is 5.92. The highest BCUT2D eigenvalue weighted by atomic mass is 35.5. The van der Waals surface area contributed by atoms with Crippen LogP contribution in [0.5, 0.6) is 5.75 Å². The van der Waals surface area contributed by atoms with E-state index in [-0.39, 0.29) is 6.61 Å². The van der Waals surface area contributed by atoms with E-state index >= 15 is 0 Å². The predicted molar refractivity (Wildman–Crippen MR) is 90.3 cm³/mol. The average molecular weight is 320 g/mol. The molecule has 2 rings (SSSR count). The molecule has 2 N–H and O–H groups in total. The normalized spacial score (nSPS) is 10.6. The summed E-state index contributed by atoms with van der Waals surface area (Å²) in [7, 11) is 0. The quantitative estimate of drug-likeness (QED) is 0.691. The van der Waals surface area contributed by atoms with Gasteiger partial charge in [0.1, 0.15) is 12.4 Å². The number of nitrogens with one attached hydrogen (secondary N) is 1. The Morgan fingerprint density at radius 3 is 2.73 bits per heavy atom. The second-order valence-corrected chi connectivity index (χ2v) is 5.57. The van der Waals surface area contributed by atoms with Gasteiger partial charge in [-0.25, -0.2) is 0 Å². The number of aliphatic hydroxyl groups excluding tert-OH is 1. The topological polar surface area (TPSA) is 41.5 Å². The van der Waals surface area contributed by atoms with E-state index in [0.29, 0.717) is 6.61 Å². The molecule has 0 bridgehead atoms. The van der Waals surface area contributed by atoms with Crippen molar-refractivity contribution in [1.29, 1.82) is 0 Å². The van der Waals surface area contributed by atoms with Crippen molar-refractivity contribution in [3.63, 3.8) is 0 Å². The molecule has 0 aliphatic heterocycles. The molecule has 0 heterocycles. The van der Waals surface area contributed by atoms with Crippen LogP contribution in [0.1, 0.15) is 24.0 Å². The van der Waals surface area contributed by atoms with Crippen molar-refractivity contribution in [3.05, 3.63) is 64.7 Å². The molecule has 0 atom stereocenters. The van der Waals surface area contributed by atoms with E-state index in [4.69, 9.17) is 21.4 Å². The van der Waals surface area contributed by atoms with Gasteiger partial charge in [0.25, 0.3) is 0 Å². The van der Waals surface area contributed by atoms with Crippen LogP contribution < -0.4 is 10.1 Å². The number of hydrogen-bond acceptors (Lipinski definition) is 3. The molecule has 2 aromatic carbocycles. The minimum absolute atomic E-state index is 0.251. The van der Waals surface area contributed by atoms with Crippen molar-refractivity contribution in [2.45, 2.75) is 26.0 Å². The van der Waals surface area contributed by atoms with E-state index in [2.05, 4.69) is 11.4 Å². The first-order valence-electron chi connectivity index (χ1n) is 7.56. The standard InChI is InChI=1S/C18H22ClNO2/c19-17-8-5-6-15(12-17)14-22-18-9-2-1-7-16(18)13-20-10-3-4-11-21/h1-2,5-9,12,20-21H,3-4,10-11,13-14H2. The van der Waals surface area contributed by atoms with Crippen LogP contribution in [0.25, 0.3) is 0 Å². The number of benzene rings is 2. The molecule has 118 valence electrons. The Labute approximate surface area is 136 Å². The minimum atomic E-state index is 0.251. The zero-order valence-corrected chi connectivity index (χ0v) is 13.4. The number of unbranched alkanes of at least 4 members (excludes halogenated alkanes) is 1. The Morgan fingerprint density at radius 2 is 1.91 bits per heavy atom. The first-order valence-corrected chi connectivity index (χ1v) is 7.94. The highest BCUT2D eigenvalue weighted by Gasteiger charge is 2.03. The van der Waals surface area contributed by atoms with E-state index in [1.807, 2.05) is 42.5 Å². The average Bonchev–Trinajstić information content (AvgIpc) is 2.54. The molecular formula is C18H22ClNO2. The number of hydrogen-bond donors (Lipinski definition) is 2. The maximum atomic E-state index is 8.77. The first-order chi connectivity index (χ1) is 10.8. The van der Waals surface area contributed by atoms with E-state index < -0.39 is 0 Å². The molecule has 0 radical (unpaired) electrons. The van der Waals surface area contributed by atoms with Gasteiger partial charge in [-0.15, -0.1) is 0 Å². The third-order valence-corrected chi connectivity index (χ3v) is 3.57. The third-order valence-electron chi connectivity index (χ3n) is 3.33. The second-order valence-electron chi connectivity index (χ2n) is 5.13. The van der Waals surface area contributed by atoms with Crippen molar-refractivity contribution < 1.29 is 9.84 Å². The molecule has 2 aromatic rings. The van der Waals surface area contributed by atoms with Crippen LogP contribution in [0.2, 0.25) is 5.02 Å². The van der Waals surface area contributed by atoms with Crippen LogP contribution in [0.4, 0.5) is 0 Å². The zero-order chi connectivity index (χ0) is 15.6. The lowest BCUT2D eigenvalue weighted by molar-refractivity contribution is 0.283. The van der Waals surface area contributed by atoms with Crippen molar-refractivity contribution in [2.75, 3.05) is 13.2 Å². The third kappa shape index (κ3) is 5.68. The van der Waals surface area contributed by atoms with Gasteiger partial charge in [-0.1, -0.05) is 41.9 Å². The minimum Gasteiger partial charge on any atom is -0.489 e. The van der Waals surface area contributed by atoms with E-state index in [1.165, 1.54) is 0 Å². The Kier molecular flexibility index (Phi) is 7.23. The smallest absolute Gasteiger partial charge is 0.124 e. The van der Waals surface area contributed by atoms with Crippen molar-refractivity contribution >= 4 is 11.6 Å². The zero-order valence-electron chi connectivity index (χ0n) is 12.6. The van der Waals surface area contributed by atoms with Crippen LogP contribution in [0.15, 0.2) is 48.5 Å². The van der Waals surface area contributed by atoms with Crippen LogP contribution in [0.3, 0.4) is 0 Å². The fourth-order valence-corrected chi connectivity index (χ4v) is 2.38. The molecule has 0 saturated heterocycles. The van der Waals surface area contributed by atoms with Crippen LogP contribution >= 0.6 is 11.6 Å². The molecule has 0 unspecified atom stereocenters. The second kappa shape index (κ2) is 9.46. The summed E-state index contributed by atoms with van der Waals surface area (Å²) in [6.07, 6.45) is 1.81. The van der Waals surface area contributed by atoms with Gasteiger partial charge in [0.15, 0.2) is 0 Å². The van der Waals surface area contributed by atoms with Gasteiger partial charge in [-0.3, -0.25) is 0 Å². The molecule has 0 saturated carbocycles. The fraction of sp³-hybridized carbons (Fsp3) is 0.333. The summed E-state index contributed by atoms with van der Waals surface area (Å²) >= 11 is 5.98. The summed E-state index contributed by atoms with van der Waals surface area (Å²) in [5, 5.41) is 12.9. The summed E-state index contributed by atoms with van der Waals surface area (Å²) in [6, 6.07) is 15.7. The van der Waals surface area contributed by atoms with Gasteiger partial charge in [0.05, 0.1) is 0 Å². The van der Waals surface area contributed by atoms with E-state index in [9.17, 15) is 0 Å². The van der Waals surface area contributed by atoms with Crippen molar-refractivity contribution in [3.8, 4) is 5.75 Å². The predicted octanol–water partition coefficient (Wildman–Crippen LogP) is 3.78. The highest BCUT2D eigenvalue weighted by Crippen LogP contribution is 2.20. The van der Waals surface area contributed by atoms with Crippen LogP contribution in [-0.4, -0.2) is 18.3 Å². The van der Waals surface area contributed by atoms with Gasteiger partial charge in [-0.05, 0) is 43.1 Å². The maximum absolute atomic E-state index is 8.77. The summed E-state index contributed by atoms with van der Waals surface area (Å²) in [6.45, 7) is 2.41. The summed E-state index contributed by atoms with van der Waals surface area (Å²) in [4.78, 5) is 0. The largest absolute Gasteiger partial charge is 0.489 e. The van der Waals surface area contributed by atoms with Gasteiger partial charge in [0.2, 0.25) is 0 Å². The Morgan fingerprint density at radius 1 is 1.05 bits per heavy atom. The molecule has 22 heavy (non-hydrogen) atoms. The van der Waals surface area contributed by atoms with Crippen LogP contribution in [0, 0.1) is 0 Å². The van der Waals surface area contributed by atoms with Gasteiger partial charge in [-0.2, -0.15) is 0 Å². The first kappa shape index (κ1) is 16.8. The lowest BCUT2D eigenvalue weighted by Gasteiger charge is -2.12. The molecule has 0 aliphatic carbocycles. The molecule has 4 heteroatoms. The fourth-order valence-electron chi connectivity index (χ4n) is 2.16. The van der Waals surface area contributed by atoms with Gasteiger partial charge < -0.3 is 15.2 Å². The molecule has 0 aromatic heterocycles. The van der Waals surface area contributed by atoms with Gasteiger partial charge in [0, 0.05) is 23.7 Å². The highest BCUT2D eigenvalue weighted by molar-refractivity contribution is 6.30. The SMILES string of the molecule is OCCCCNCc1ccccc1OCc1cccc(Cl)c1. The number of para-hydroxylation sites is 1. The number of rotatable bonds is 9. The summed E-state index contributed by atoms with van der Waals surface area (Å²) in [5.41, 5.74) is 2.19. The van der Waals surface area contributed by atoms with Crippen LogP contribution in [-0.2, 0) is 13.2 Å². The van der Waals surface area contributed by atoms with E-state index in [0.717, 1.165) is 47.8 Å². The molecule has 0 fully saturated rings. The number of halogens is 1. The number of ether oxygens (including phenoxy) is 1. The van der Waals surface area contributed by atoms with E-state index in [1.54, 1.807) is 0 Å². The molecule has 0 aliphatic rings. The monoisotopic (exact) mass is 319 g/mol. The maximum Gasteiger partial charge on any atom is 0.124 e. The van der Waals surface area contributed by atoms with Crippen molar-refractivity contribution in [1.82, 2.24) is 5.32 Å². The van der Waals surface area contributed by atoms with Gasteiger partial charge >= 0.3 is 0 Å². The lowest BCUT2D eigenvalue weighted by Crippen LogP contribution is -2.15. The molecule has 3 nitrogen and oxygen atoms in total. The number of aliphatic hydroxyl groups is 1. The van der Waals surface area contributed by atoms with Crippen molar-refractivity contribution in [2.24, 2.45) is 0 Å². The Balaban J connectivity index is 1.87. The molecular weight excluding hydrogens is 298 g/mol. The summed E-state index contributed by atoms with van der Waals surface area (Å²) in [5.74, 6) is 0.886. The Hall–Kier alpha value is -1.55. The Bertz CT molecular complexity index is 575. The molecule has 0 spiro atoms. The molecule has 0 amide bonds. The lowest BCUT2D eigenvalue weighted by atomic mass is 10.2.